The van der Waals surface area contributed by atoms with Crippen molar-refractivity contribution in [2.45, 2.75) is 66.5 Å². The molecule has 4 heteroatoms. The molecular weight excluding hydrogens is 290 g/mol. The molecule has 0 aliphatic rings. The van der Waals surface area contributed by atoms with Gasteiger partial charge in [0.05, 0.1) is 0 Å². The van der Waals surface area contributed by atoms with E-state index in [4.69, 9.17) is 4.74 Å². The first-order valence-electron chi connectivity index (χ1n) is 8.10. The predicted molar refractivity (Wildman–Crippen MR) is 92.5 cm³/mol. The van der Waals surface area contributed by atoms with Crippen molar-refractivity contribution in [3.05, 3.63) is 34.9 Å². The van der Waals surface area contributed by atoms with Crippen LogP contribution >= 0.6 is 0 Å². The molecule has 23 heavy (non-hydrogen) atoms. The van der Waals surface area contributed by atoms with Gasteiger partial charge in [-0.1, -0.05) is 19.9 Å². The van der Waals surface area contributed by atoms with Crippen LogP contribution in [0.5, 0.6) is 0 Å². The van der Waals surface area contributed by atoms with Gasteiger partial charge >= 0.3 is 5.97 Å². The Morgan fingerprint density at radius 1 is 1.13 bits per heavy atom. The minimum atomic E-state index is -0.636. The van der Waals surface area contributed by atoms with Crippen LogP contribution in [-0.4, -0.2) is 23.5 Å². The summed E-state index contributed by atoms with van der Waals surface area (Å²) in [7, 11) is 0. The Labute approximate surface area is 139 Å². The Bertz CT molecular complexity index is 570. The quantitative estimate of drug-likeness (QED) is 0.840. The molecule has 1 amide bonds. The van der Waals surface area contributed by atoms with Gasteiger partial charge in [-0.15, -0.1) is 0 Å². The molecule has 1 unspecified atom stereocenters. The number of rotatable bonds is 5. The molecule has 1 N–H and O–H groups in total. The zero-order valence-electron chi connectivity index (χ0n) is 15.3. The first-order valence-corrected chi connectivity index (χ1v) is 8.10. The lowest BCUT2D eigenvalue weighted by Crippen LogP contribution is -2.45. The summed E-state index contributed by atoms with van der Waals surface area (Å²) < 4.78 is 5.43. The fourth-order valence-corrected chi connectivity index (χ4v) is 2.18. The van der Waals surface area contributed by atoms with Crippen molar-refractivity contribution >= 4 is 11.9 Å². The van der Waals surface area contributed by atoms with E-state index in [-0.39, 0.29) is 17.8 Å². The van der Waals surface area contributed by atoms with E-state index >= 15 is 0 Å². The molecule has 0 fully saturated rings. The van der Waals surface area contributed by atoms with Crippen LogP contribution in [0.4, 0.5) is 0 Å². The van der Waals surface area contributed by atoms with Crippen LogP contribution < -0.4 is 5.32 Å². The van der Waals surface area contributed by atoms with Crippen molar-refractivity contribution in [2.75, 3.05) is 0 Å². The van der Waals surface area contributed by atoms with Gasteiger partial charge in [0, 0.05) is 5.56 Å². The number of carbonyl (C=O) groups excluding carboxylic acids is 2. The van der Waals surface area contributed by atoms with Gasteiger partial charge in [0.2, 0.25) is 0 Å². The number of hydrogen-bond acceptors (Lipinski definition) is 3. The summed E-state index contributed by atoms with van der Waals surface area (Å²) >= 11 is 0. The molecule has 1 aromatic carbocycles. The average Bonchev–Trinajstić information content (AvgIpc) is 2.38. The van der Waals surface area contributed by atoms with Gasteiger partial charge in [-0.25, -0.2) is 4.79 Å². The van der Waals surface area contributed by atoms with Crippen molar-refractivity contribution in [3.8, 4) is 0 Å². The molecule has 0 radical (unpaired) electrons. The fourth-order valence-electron chi connectivity index (χ4n) is 2.18. The minimum Gasteiger partial charge on any atom is -0.458 e. The van der Waals surface area contributed by atoms with Gasteiger partial charge in [0.25, 0.3) is 5.91 Å². The van der Waals surface area contributed by atoms with E-state index in [0.29, 0.717) is 12.0 Å². The Kier molecular flexibility index (Phi) is 6.37. The third kappa shape index (κ3) is 6.43. The molecule has 1 rings (SSSR count). The number of nitrogens with one attached hydrogen (secondary N) is 1. The Hall–Kier alpha value is -1.84. The van der Waals surface area contributed by atoms with Crippen molar-refractivity contribution in [3.63, 3.8) is 0 Å². The van der Waals surface area contributed by atoms with Crippen LogP contribution in [0.15, 0.2) is 18.2 Å². The third-order valence-electron chi connectivity index (χ3n) is 3.47. The number of aryl methyl sites for hydroxylation is 2. The second-order valence-corrected chi connectivity index (χ2v) is 7.49. The Morgan fingerprint density at radius 3 is 2.22 bits per heavy atom. The van der Waals surface area contributed by atoms with E-state index in [0.717, 1.165) is 11.1 Å². The monoisotopic (exact) mass is 319 g/mol. The summed E-state index contributed by atoms with van der Waals surface area (Å²) in [6.45, 7) is 13.5. The van der Waals surface area contributed by atoms with Gasteiger partial charge in [-0.2, -0.15) is 0 Å². The molecule has 0 heterocycles. The molecule has 0 spiro atoms. The molecule has 128 valence electrons. The molecular formula is C19H29NO3. The van der Waals surface area contributed by atoms with Crippen LogP contribution in [0, 0.1) is 19.8 Å². The van der Waals surface area contributed by atoms with E-state index in [1.807, 2.05) is 60.6 Å². The second-order valence-electron chi connectivity index (χ2n) is 7.49. The van der Waals surface area contributed by atoms with Gasteiger partial charge in [-0.05, 0) is 70.2 Å². The maximum absolute atomic E-state index is 12.5. The molecule has 0 aromatic heterocycles. The lowest BCUT2D eigenvalue weighted by atomic mass is 10.0. The predicted octanol–water partition coefficient (Wildman–Crippen LogP) is 3.79. The first-order chi connectivity index (χ1) is 10.5. The average molecular weight is 319 g/mol. The zero-order chi connectivity index (χ0) is 17.8. The van der Waals surface area contributed by atoms with Crippen LogP contribution in [-0.2, 0) is 9.53 Å². The van der Waals surface area contributed by atoms with Gasteiger partial charge in [-0.3, -0.25) is 4.79 Å². The summed E-state index contributed by atoms with van der Waals surface area (Å²) in [5.74, 6) is -0.361. The van der Waals surface area contributed by atoms with Crippen LogP contribution in [0.25, 0.3) is 0 Å². The number of esters is 1. The van der Waals surface area contributed by atoms with Crippen molar-refractivity contribution < 1.29 is 14.3 Å². The highest BCUT2D eigenvalue weighted by atomic mass is 16.6. The highest BCUT2D eigenvalue weighted by molar-refractivity contribution is 5.97. The SMILES string of the molecule is Cc1ccc(C(=O)NC(CC(C)C)C(=O)OC(C)(C)C)cc1C. The summed E-state index contributed by atoms with van der Waals surface area (Å²) in [6.07, 6.45) is 0.547. The van der Waals surface area contributed by atoms with Crippen molar-refractivity contribution in [1.29, 1.82) is 0 Å². The van der Waals surface area contributed by atoms with E-state index in [2.05, 4.69) is 5.32 Å². The summed E-state index contributed by atoms with van der Waals surface area (Å²) in [4.78, 5) is 24.8. The molecule has 0 saturated carbocycles. The second kappa shape index (κ2) is 7.62. The maximum atomic E-state index is 12.5. The number of hydrogen-bond donors (Lipinski definition) is 1. The minimum absolute atomic E-state index is 0.246. The number of benzene rings is 1. The number of ether oxygens (including phenoxy) is 1. The normalized spacial score (nSPS) is 12.9. The first kappa shape index (κ1) is 19.2. The maximum Gasteiger partial charge on any atom is 0.329 e. The summed E-state index contributed by atoms with van der Waals surface area (Å²) in [5, 5.41) is 2.82. The van der Waals surface area contributed by atoms with Gasteiger partial charge in [0.1, 0.15) is 11.6 Å². The molecule has 1 aromatic rings. The van der Waals surface area contributed by atoms with E-state index in [1.165, 1.54) is 0 Å². The third-order valence-corrected chi connectivity index (χ3v) is 3.47. The smallest absolute Gasteiger partial charge is 0.329 e. The van der Waals surface area contributed by atoms with Crippen molar-refractivity contribution in [2.24, 2.45) is 5.92 Å². The topological polar surface area (TPSA) is 55.4 Å². The molecule has 0 aliphatic carbocycles. The zero-order valence-corrected chi connectivity index (χ0v) is 15.3. The van der Waals surface area contributed by atoms with E-state index in [9.17, 15) is 9.59 Å². The number of amides is 1. The molecule has 0 aliphatic heterocycles. The standard InChI is InChI=1S/C19H29NO3/c1-12(2)10-16(18(22)23-19(5,6)7)20-17(21)15-9-8-13(3)14(4)11-15/h8-9,11-12,16H,10H2,1-7H3,(H,20,21). The van der Waals surface area contributed by atoms with Gasteiger partial charge in [0.15, 0.2) is 0 Å². The molecule has 0 bridgehead atoms. The molecule has 1 atom stereocenters. The van der Waals surface area contributed by atoms with Crippen molar-refractivity contribution in [1.82, 2.24) is 5.32 Å². The highest BCUT2D eigenvalue weighted by Gasteiger charge is 2.27. The largest absolute Gasteiger partial charge is 0.458 e. The van der Waals surface area contributed by atoms with E-state index < -0.39 is 11.6 Å². The summed E-state index contributed by atoms with van der Waals surface area (Å²) in [6, 6.07) is 4.89. The fraction of sp³-hybridized carbons (Fsp3) is 0.579. The summed E-state index contributed by atoms with van der Waals surface area (Å²) in [5.41, 5.74) is 2.17. The Morgan fingerprint density at radius 2 is 1.74 bits per heavy atom. The Balaban J connectivity index is 2.89. The lowest BCUT2D eigenvalue weighted by molar-refractivity contribution is -0.157. The van der Waals surface area contributed by atoms with Crippen LogP contribution in [0.1, 0.15) is 62.5 Å². The molecule has 0 saturated heterocycles. The number of carbonyl (C=O) groups is 2. The van der Waals surface area contributed by atoms with E-state index in [1.54, 1.807) is 6.07 Å². The van der Waals surface area contributed by atoms with Crippen LogP contribution in [0.3, 0.4) is 0 Å². The van der Waals surface area contributed by atoms with Gasteiger partial charge < -0.3 is 10.1 Å². The van der Waals surface area contributed by atoms with Crippen LogP contribution in [0.2, 0.25) is 0 Å². The highest BCUT2D eigenvalue weighted by Crippen LogP contribution is 2.14. The lowest BCUT2D eigenvalue weighted by Gasteiger charge is -2.25. The molecule has 4 nitrogen and oxygen atoms in total.